The Kier molecular flexibility index (Phi) is 10.8. The van der Waals surface area contributed by atoms with Crippen LogP contribution < -0.4 is 4.90 Å². The van der Waals surface area contributed by atoms with E-state index in [2.05, 4.69) is 79.7 Å². The number of halogens is 1. The molecule has 0 radical (unpaired) electrons. The van der Waals surface area contributed by atoms with Gasteiger partial charge >= 0.3 is 0 Å². The number of nitrogens with zero attached hydrogens (tertiary/aromatic N) is 2. The molecule has 0 bridgehead atoms. The molecule has 2 aromatic carbocycles. The molecule has 2 aliphatic heterocycles. The zero-order valence-electron chi connectivity index (χ0n) is 28.3. The Bertz CT molecular complexity index is 1890. The van der Waals surface area contributed by atoms with E-state index in [1.165, 1.54) is 11.1 Å². The Morgan fingerprint density at radius 2 is 1.52 bits per heavy atom. The van der Waals surface area contributed by atoms with Gasteiger partial charge in [0.2, 0.25) is 5.69 Å². The van der Waals surface area contributed by atoms with Crippen molar-refractivity contribution in [1.82, 2.24) is 0 Å². The fourth-order valence-electron chi connectivity index (χ4n) is 7.73. The normalized spacial score (nSPS) is 21.4. The lowest BCUT2D eigenvalue weighted by molar-refractivity contribution is -0.438. The lowest BCUT2D eigenvalue weighted by Crippen LogP contribution is -2.42. The summed E-state index contributed by atoms with van der Waals surface area (Å²) in [6.45, 7) is 10.0. The first-order valence-electron chi connectivity index (χ1n) is 16.8. The fourth-order valence-corrected chi connectivity index (χ4v) is 9.13. The van der Waals surface area contributed by atoms with Crippen LogP contribution in [0.5, 0.6) is 0 Å². The molecule has 11 heteroatoms. The van der Waals surface area contributed by atoms with Crippen molar-refractivity contribution in [3.63, 3.8) is 0 Å². The Balaban J connectivity index is 1.40. The molecule has 0 spiro atoms. The minimum absolute atomic E-state index is 0.0944. The van der Waals surface area contributed by atoms with Gasteiger partial charge in [0.25, 0.3) is 20.2 Å². The molecule has 0 aromatic heterocycles. The molecule has 0 saturated carbocycles. The Morgan fingerprint density at radius 1 is 0.875 bits per heavy atom. The molecule has 2 aromatic rings. The van der Waals surface area contributed by atoms with Gasteiger partial charge in [-0.15, -0.1) is 0 Å². The third-order valence-electron chi connectivity index (χ3n) is 10.2. The zero-order valence-corrected chi connectivity index (χ0v) is 30.7. The molecule has 1 aliphatic carbocycles. The largest absolute Gasteiger partial charge is 0.367 e. The summed E-state index contributed by atoms with van der Waals surface area (Å²) in [5, 5.41) is 0.775. The molecule has 0 saturated heterocycles. The van der Waals surface area contributed by atoms with Gasteiger partial charge in [0, 0.05) is 52.8 Å². The highest BCUT2D eigenvalue weighted by Gasteiger charge is 2.45. The number of benzene rings is 2. The van der Waals surface area contributed by atoms with Gasteiger partial charge in [0.15, 0.2) is 5.71 Å². The minimum Gasteiger partial charge on any atom is -0.367 e. The monoisotopic (exact) mass is 715 g/mol. The van der Waals surface area contributed by atoms with E-state index in [4.69, 9.17) is 11.6 Å². The van der Waals surface area contributed by atoms with Crippen LogP contribution in [-0.4, -0.2) is 66.9 Å². The molecule has 1 atom stereocenters. The maximum Gasteiger partial charge on any atom is 0.264 e. The topological polar surface area (TPSA) is 115 Å². The molecule has 48 heavy (non-hydrogen) atoms. The van der Waals surface area contributed by atoms with Crippen LogP contribution in [0.15, 0.2) is 82.9 Å². The maximum absolute atomic E-state index is 11.5. The van der Waals surface area contributed by atoms with E-state index in [1.54, 1.807) is 0 Å². The smallest absolute Gasteiger partial charge is 0.264 e. The number of para-hydroxylation sites is 2. The van der Waals surface area contributed by atoms with Crippen molar-refractivity contribution in [2.75, 3.05) is 29.5 Å². The molecule has 260 valence electrons. The highest BCUT2D eigenvalue weighted by Crippen LogP contribution is 2.47. The standard InChI is InChI=1S/C37H47ClN2O6S2/c1-36(2)29-15-5-7-17-31(29)39(23-9-10-25-47(41,42)43)33(36)21-19-27-13-11-14-28(35(27)38)20-22-34-37(3,4)30-16-6-8-18-32(30)40(34)24-12-26-48(44,45)46/h5-8,15-21,34H,9-14,22-26H2,1-4H3,(H-,41,42,43,44,45,46)/p+1/b21-19+,28-20+. The van der Waals surface area contributed by atoms with Gasteiger partial charge in [0.05, 0.1) is 16.9 Å². The first kappa shape index (κ1) is 36.5. The third-order valence-corrected chi connectivity index (χ3v) is 12.3. The summed E-state index contributed by atoms with van der Waals surface area (Å²) < 4.78 is 66.3. The number of rotatable bonds is 13. The molecular formula is C37H48ClN2O6S2+. The molecule has 8 nitrogen and oxygen atoms in total. The molecule has 0 amide bonds. The lowest BCUT2D eigenvalue weighted by atomic mass is 9.78. The van der Waals surface area contributed by atoms with E-state index in [-0.39, 0.29) is 28.4 Å². The number of fused-ring (bicyclic) bond motifs is 2. The summed E-state index contributed by atoms with van der Waals surface area (Å²) in [5.41, 5.74) is 7.54. The summed E-state index contributed by atoms with van der Waals surface area (Å²) >= 11 is 7.14. The summed E-state index contributed by atoms with van der Waals surface area (Å²) in [6.07, 6.45) is 11.4. The SMILES string of the molecule is CC1(C)C(/C=C/C2=C(Cl)C(=C/CC3N(CCCS(=O)(=O)O)c4ccccc4C3(C)C)/CCC2)=[N+](CCCCS(=O)(=O)O)c2ccccc21. The van der Waals surface area contributed by atoms with Crippen LogP contribution in [0.4, 0.5) is 11.4 Å². The van der Waals surface area contributed by atoms with Crippen LogP contribution in [0.1, 0.15) is 83.8 Å². The number of hydrogen-bond acceptors (Lipinski definition) is 5. The van der Waals surface area contributed by atoms with Crippen molar-refractivity contribution < 1.29 is 30.5 Å². The molecule has 0 fully saturated rings. The van der Waals surface area contributed by atoms with E-state index in [9.17, 15) is 25.9 Å². The van der Waals surface area contributed by atoms with Gasteiger partial charge in [-0.1, -0.05) is 74.0 Å². The molecule has 3 aliphatic rings. The molecule has 2 heterocycles. The average Bonchev–Trinajstić information content (AvgIpc) is 3.35. The van der Waals surface area contributed by atoms with E-state index >= 15 is 0 Å². The summed E-state index contributed by atoms with van der Waals surface area (Å²) in [5.74, 6) is -0.520. The maximum atomic E-state index is 11.5. The van der Waals surface area contributed by atoms with Gasteiger partial charge in [-0.25, -0.2) is 0 Å². The van der Waals surface area contributed by atoms with Crippen molar-refractivity contribution in [2.45, 2.75) is 89.5 Å². The Hall–Kier alpha value is -2.76. The summed E-state index contributed by atoms with van der Waals surface area (Å²) in [4.78, 5) is 2.29. The number of allylic oxidation sites excluding steroid dienone is 5. The summed E-state index contributed by atoms with van der Waals surface area (Å²) in [6, 6.07) is 16.7. The molecule has 5 rings (SSSR count). The van der Waals surface area contributed by atoms with Crippen molar-refractivity contribution in [1.29, 1.82) is 0 Å². The van der Waals surface area contributed by atoms with E-state index in [1.807, 2.05) is 24.3 Å². The highest BCUT2D eigenvalue weighted by atomic mass is 35.5. The minimum atomic E-state index is -4.04. The van der Waals surface area contributed by atoms with Crippen molar-refractivity contribution in [2.24, 2.45) is 0 Å². The third kappa shape index (κ3) is 7.99. The fraction of sp³-hybridized carbons (Fsp3) is 0.486. The molecule has 1 unspecified atom stereocenters. The predicted molar refractivity (Wildman–Crippen MR) is 195 cm³/mol. The van der Waals surface area contributed by atoms with E-state index in [0.717, 1.165) is 58.9 Å². The van der Waals surface area contributed by atoms with Crippen LogP contribution in [0.25, 0.3) is 0 Å². The van der Waals surface area contributed by atoms with Crippen LogP contribution in [-0.2, 0) is 31.1 Å². The van der Waals surface area contributed by atoms with Gasteiger partial charge in [-0.2, -0.15) is 21.4 Å². The van der Waals surface area contributed by atoms with Crippen LogP contribution in [0.2, 0.25) is 0 Å². The zero-order chi connectivity index (χ0) is 34.9. The van der Waals surface area contributed by atoms with Crippen molar-refractivity contribution in [3.05, 3.63) is 94.1 Å². The highest BCUT2D eigenvalue weighted by molar-refractivity contribution is 7.86. The van der Waals surface area contributed by atoms with Gasteiger partial charge in [-0.05, 0) is 75.1 Å². The summed E-state index contributed by atoms with van der Waals surface area (Å²) in [7, 11) is -8.03. The van der Waals surface area contributed by atoms with Crippen LogP contribution in [0.3, 0.4) is 0 Å². The molecular weight excluding hydrogens is 668 g/mol. The van der Waals surface area contributed by atoms with Crippen molar-refractivity contribution in [3.8, 4) is 0 Å². The number of hydrogen-bond donors (Lipinski definition) is 2. The second-order valence-electron chi connectivity index (χ2n) is 14.3. The van der Waals surface area contributed by atoms with E-state index < -0.39 is 20.2 Å². The van der Waals surface area contributed by atoms with Crippen molar-refractivity contribution >= 4 is 48.9 Å². The second kappa shape index (κ2) is 14.2. The van der Waals surface area contributed by atoms with Gasteiger partial charge < -0.3 is 4.90 Å². The second-order valence-corrected chi connectivity index (χ2v) is 17.8. The van der Waals surface area contributed by atoms with Gasteiger partial charge in [0.1, 0.15) is 6.54 Å². The first-order chi connectivity index (χ1) is 22.5. The Morgan fingerprint density at radius 3 is 2.23 bits per heavy atom. The molecule has 2 N–H and O–H groups in total. The lowest BCUT2D eigenvalue weighted by Gasteiger charge is -2.34. The van der Waals surface area contributed by atoms with Crippen LogP contribution >= 0.6 is 11.6 Å². The predicted octanol–water partition coefficient (Wildman–Crippen LogP) is 7.72. The Labute approximate surface area is 291 Å². The quantitative estimate of drug-likeness (QED) is 0.124. The van der Waals surface area contributed by atoms with Gasteiger partial charge in [-0.3, -0.25) is 9.11 Å². The number of unbranched alkanes of at least 4 members (excludes halogenated alkanes) is 1. The average molecular weight is 716 g/mol. The first-order valence-corrected chi connectivity index (χ1v) is 20.4. The van der Waals surface area contributed by atoms with E-state index in [0.29, 0.717) is 32.4 Å². The number of anilines is 1. The van der Waals surface area contributed by atoms with Crippen LogP contribution in [0, 0.1) is 0 Å².